The van der Waals surface area contributed by atoms with Crippen LogP contribution in [0.4, 0.5) is 4.79 Å². The molecule has 0 unspecified atom stereocenters. The number of rotatable bonds is 4. The van der Waals surface area contributed by atoms with Crippen molar-refractivity contribution in [2.45, 2.75) is 51.7 Å². The smallest absolute Gasteiger partial charge is 0.410 e. The quantitative estimate of drug-likeness (QED) is 0.929. The summed E-state index contributed by atoms with van der Waals surface area (Å²) >= 11 is 1.64. The second-order valence-corrected chi connectivity index (χ2v) is 7.14. The number of thiazole rings is 1. The first kappa shape index (κ1) is 16.2. The van der Waals surface area contributed by atoms with Crippen LogP contribution in [0.5, 0.6) is 0 Å². The Hall–Kier alpha value is -1.14. The topological polar surface area (TPSA) is 54.5 Å². The molecule has 0 atom stereocenters. The summed E-state index contributed by atoms with van der Waals surface area (Å²) in [7, 11) is 0. The van der Waals surface area contributed by atoms with Gasteiger partial charge in [0.1, 0.15) is 5.60 Å². The Morgan fingerprint density at radius 2 is 2.19 bits per heavy atom. The molecule has 0 saturated carbocycles. The van der Waals surface area contributed by atoms with Crippen LogP contribution in [0.3, 0.4) is 0 Å². The first-order valence-electron chi connectivity index (χ1n) is 7.52. The molecule has 1 aliphatic heterocycles. The highest BCUT2D eigenvalue weighted by Crippen LogP contribution is 2.15. The molecule has 118 valence electrons. The Kier molecular flexibility index (Phi) is 5.58. The maximum absolute atomic E-state index is 12.0. The lowest BCUT2D eigenvalue weighted by molar-refractivity contribution is 0.0198. The monoisotopic (exact) mass is 311 g/mol. The first-order valence-corrected chi connectivity index (χ1v) is 8.47. The zero-order valence-electron chi connectivity index (χ0n) is 13.1. The third-order valence-electron chi connectivity index (χ3n) is 3.44. The highest BCUT2D eigenvalue weighted by atomic mass is 32.1. The van der Waals surface area contributed by atoms with Gasteiger partial charge in [-0.3, -0.25) is 0 Å². The Morgan fingerprint density at radius 3 is 2.76 bits per heavy atom. The zero-order valence-corrected chi connectivity index (χ0v) is 13.9. The summed E-state index contributed by atoms with van der Waals surface area (Å²) in [5.74, 6) is 0. The SMILES string of the molecule is CC(C)(C)OC(=O)N1CCC(NCCc2cscn2)CC1. The number of ether oxygens (including phenoxy) is 1. The lowest BCUT2D eigenvalue weighted by Crippen LogP contribution is -2.46. The van der Waals surface area contributed by atoms with Gasteiger partial charge in [-0.2, -0.15) is 0 Å². The van der Waals surface area contributed by atoms with E-state index < -0.39 is 5.60 Å². The van der Waals surface area contributed by atoms with E-state index in [2.05, 4.69) is 15.7 Å². The summed E-state index contributed by atoms with van der Waals surface area (Å²) in [5.41, 5.74) is 2.60. The maximum atomic E-state index is 12.0. The van der Waals surface area contributed by atoms with E-state index in [1.165, 1.54) is 0 Å². The molecule has 0 bridgehead atoms. The molecule has 2 heterocycles. The third kappa shape index (κ3) is 5.63. The summed E-state index contributed by atoms with van der Waals surface area (Å²) < 4.78 is 5.40. The highest BCUT2D eigenvalue weighted by molar-refractivity contribution is 7.07. The molecule has 2 rings (SSSR count). The van der Waals surface area contributed by atoms with Crippen molar-refractivity contribution in [1.29, 1.82) is 0 Å². The molecule has 0 spiro atoms. The molecule has 0 aliphatic carbocycles. The van der Waals surface area contributed by atoms with Gasteiger partial charge in [0.05, 0.1) is 11.2 Å². The summed E-state index contributed by atoms with van der Waals surface area (Å²) in [6.07, 6.45) is 2.74. The van der Waals surface area contributed by atoms with E-state index in [1.54, 1.807) is 11.3 Å². The van der Waals surface area contributed by atoms with Gasteiger partial charge < -0.3 is 15.0 Å². The minimum absolute atomic E-state index is 0.191. The fourth-order valence-corrected chi connectivity index (χ4v) is 2.95. The van der Waals surface area contributed by atoms with Gasteiger partial charge in [-0.05, 0) is 33.6 Å². The number of aromatic nitrogens is 1. The number of carbonyl (C=O) groups excluding carboxylic acids is 1. The number of hydrogen-bond donors (Lipinski definition) is 1. The van der Waals surface area contributed by atoms with Crippen molar-refractivity contribution < 1.29 is 9.53 Å². The molecular weight excluding hydrogens is 286 g/mol. The van der Waals surface area contributed by atoms with Crippen LogP contribution >= 0.6 is 11.3 Å². The molecular formula is C15H25N3O2S. The van der Waals surface area contributed by atoms with Crippen molar-refractivity contribution >= 4 is 17.4 Å². The maximum Gasteiger partial charge on any atom is 0.410 e. The van der Waals surface area contributed by atoms with E-state index in [9.17, 15) is 4.79 Å². The molecule has 1 aliphatic rings. The van der Waals surface area contributed by atoms with Crippen LogP contribution in [-0.2, 0) is 11.2 Å². The Morgan fingerprint density at radius 1 is 1.48 bits per heavy atom. The van der Waals surface area contributed by atoms with Crippen LogP contribution in [-0.4, -0.2) is 47.3 Å². The van der Waals surface area contributed by atoms with Gasteiger partial charge in [-0.15, -0.1) is 11.3 Å². The first-order chi connectivity index (χ1) is 9.94. The average molecular weight is 311 g/mol. The van der Waals surface area contributed by atoms with E-state index >= 15 is 0 Å². The Labute approximate surface area is 130 Å². The number of nitrogens with one attached hydrogen (secondary N) is 1. The number of carbonyl (C=O) groups is 1. The van der Waals surface area contributed by atoms with Crippen LogP contribution < -0.4 is 5.32 Å². The minimum Gasteiger partial charge on any atom is -0.444 e. The van der Waals surface area contributed by atoms with Crippen LogP contribution in [0, 0.1) is 0 Å². The normalized spacial score (nSPS) is 17.0. The van der Waals surface area contributed by atoms with Crippen molar-refractivity contribution in [3.05, 3.63) is 16.6 Å². The standard InChI is InChI=1S/C15H25N3O2S/c1-15(2,3)20-14(19)18-8-5-12(6-9-18)16-7-4-13-10-21-11-17-13/h10-12,16H,4-9H2,1-3H3. The number of likely N-dealkylation sites (tertiary alicyclic amines) is 1. The molecule has 1 fully saturated rings. The second kappa shape index (κ2) is 7.22. The summed E-state index contributed by atoms with van der Waals surface area (Å²) in [6, 6.07) is 0.488. The van der Waals surface area contributed by atoms with Crippen molar-refractivity contribution in [1.82, 2.24) is 15.2 Å². The lowest BCUT2D eigenvalue weighted by atomic mass is 10.1. The van der Waals surface area contributed by atoms with E-state index in [-0.39, 0.29) is 6.09 Å². The number of hydrogen-bond acceptors (Lipinski definition) is 5. The predicted molar refractivity (Wildman–Crippen MR) is 84.6 cm³/mol. The van der Waals surface area contributed by atoms with Crippen molar-refractivity contribution in [3.8, 4) is 0 Å². The van der Waals surface area contributed by atoms with Crippen molar-refractivity contribution in [2.24, 2.45) is 0 Å². The van der Waals surface area contributed by atoms with Gasteiger partial charge >= 0.3 is 6.09 Å². The number of nitrogens with zero attached hydrogens (tertiary/aromatic N) is 2. The van der Waals surface area contributed by atoms with E-state index in [1.807, 2.05) is 31.2 Å². The fourth-order valence-electron chi connectivity index (χ4n) is 2.36. The number of piperidine rings is 1. The van der Waals surface area contributed by atoms with Crippen molar-refractivity contribution in [3.63, 3.8) is 0 Å². The number of amides is 1. The second-order valence-electron chi connectivity index (χ2n) is 6.43. The summed E-state index contributed by atoms with van der Waals surface area (Å²) in [6.45, 7) is 8.18. The molecule has 1 amide bonds. The molecule has 1 saturated heterocycles. The van der Waals surface area contributed by atoms with Crippen molar-refractivity contribution in [2.75, 3.05) is 19.6 Å². The van der Waals surface area contributed by atoms with Gasteiger partial charge in [0.2, 0.25) is 0 Å². The van der Waals surface area contributed by atoms with Gasteiger partial charge in [-0.25, -0.2) is 9.78 Å². The average Bonchev–Trinajstić information content (AvgIpc) is 2.91. The van der Waals surface area contributed by atoms with Crippen LogP contribution in [0.25, 0.3) is 0 Å². The molecule has 1 aromatic heterocycles. The van der Waals surface area contributed by atoms with Crippen LogP contribution in [0.1, 0.15) is 39.3 Å². The van der Waals surface area contributed by atoms with E-state index in [0.717, 1.165) is 44.6 Å². The predicted octanol–water partition coefficient (Wildman–Crippen LogP) is 2.67. The van der Waals surface area contributed by atoms with Gasteiger partial charge in [0.15, 0.2) is 0 Å². The molecule has 5 nitrogen and oxygen atoms in total. The van der Waals surface area contributed by atoms with Crippen LogP contribution in [0.2, 0.25) is 0 Å². The largest absolute Gasteiger partial charge is 0.444 e. The molecule has 1 aromatic rings. The Bertz CT molecular complexity index is 434. The molecule has 6 heteroatoms. The highest BCUT2D eigenvalue weighted by Gasteiger charge is 2.26. The van der Waals surface area contributed by atoms with Gasteiger partial charge in [-0.1, -0.05) is 0 Å². The van der Waals surface area contributed by atoms with E-state index in [0.29, 0.717) is 6.04 Å². The molecule has 1 N–H and O–H groups in total. The van der Waals surface area contributed by atoms with Gasteiger partial charge in [0.25, 0.3) is 0 Å². The fraction of sp³-hybridized carbons (Fsp3) is 0.733. The Balaban J connectivity index is 1.65. The third-order valence-corrected chi connectivity index (χ3v) is 4.08. The minimum atomic E-state index is -0.417. The van der Waals surface area contributed by atoms with Crippen LogP contribution in [0.15, 0.2) is 10.9 Å². The van der Waals surface area contributed by atoms with Gasteiger partial charge in [0, 0.05) is 37.5 Å². The molecule has 21 heavy (non-hydrogen) atoms. The zero-order chi connectivity index (χ0) is 15.3. The molecule has 0 radical (unpaired) electrons. The summed E-state index contributed by atoms with van der Waals surface area (Å²) in [4.78, 5) is 18.1. The van der Waals surface area contributed by atoms with E-state index in [4.69, 9.17) is 4.74 Å². The summed E-state index contributed by atoms with van der Waals surface area (Å²) in [5, 5.41) is 5.64. The molecule has 0 aromatic carbocycles. The lowest BCUT2D eigenvalue weighted by Gasteiger charge is -2.33.